The van der Waals surface area contributed by atoms with Gasteiger partial charge in [-0.2, -0.15) is 11.8 Å². The summed E-state index contributed by atoms with van der Waals surface area (Å²) in [7, 11) is 0. The van der Waals surface area contributed by atoms with E-state index in [0.717, 1.165) is 18.6 Å². The van der Waals surface area contributed by atoms with Gasteiger partial charge in [0, 0.05) is 6.42 Å². The minimum atomic E-state index is -0.515. The van der Waals surface area contributed by atoms with E-state index in [1.807, 2.05) is 6.26 Å². The molecule has 0 unspecified atom stereocenters. The molecule has 0 bridgehead atoms. The molecule has 0 aromatic heterocycles. The van der Waals surface area contributed by atoms with Gasteiger partial charge in [-0.05, 0) is 24.9 Å². The maximum Gasteiger partial charge on any atom is 0.240 e. The Balaban J connectivity index is 3.57. The van der Waals surface area contributed by atoms with Gasteiger partial charge in [0.1, 0.15) is 6.04 Å². The monoisotopic (exact) mass is 330 g/mol. The number of rotatable bonds is 15. The number of thioether (sulfide) groups is 1. The highest BCUT2D eigenvalue weighted by Gasteiger charge is 2.16. The van der Waals surface area contributed by atoms with E-state index in [1.54, 1.807) is 11.8 Å². The first-order chi connectivity index (χ1) is 10.6. The second-order valence-corrected chi connectivity index (χ2v) is 6.87. The predicted octanol–water partition coefficient (Wildman–Crippen LogP) is 3.63. The standard InChI is InChI=1S/C17H34N2O2S/c1-3-4-5-6-7-8-9-10-11-12-16(20)19-15(17(18)21)13-14-22-2/h15H,3-14H2,1-2H3,(H2,18,21)(H,19,20)/t15-/m0/s1. The summed E-state index contributed by atoms with van der Waals surface area (Å²) < 4.78 is 0. The maximum absolute atomic E-state index is 11.8. The molecular weight excluding hydrogens is 296 g/mol. The third-order valence-corrected chi connectivity index (χ3v) is 4.44. The molecule has 130 valence electrons. The van der Waals surface area contributed by atoms with Crippen LogP contribution in [0.4, 0.5) is 0 Å². The average molecular weight is 331 g/mol. The molecule has 0 heterocycles. The number of primary amides is 1. The third-order valence-electron chi connectivity index (χ3n) is 3.80. The van der Waals surface area contributed by atoms with Crippen molar-refractivity contribution in [1.82, 2.24) is 5.32 Å². The van der Waals surface area contributed by atoms with Crippen molar-refractivity contribution < 1.29 is 9.59 Å². The van der Waals surface area contributed by atoms with Gasteiger partial charge < -0.3 is 11.1 Å². The first-order valence-electron chi connectivity index (χ1n) is 8.69. The number of hydrogen-bond donors (Lipinski definition) is 2. The lowest BCUT2D eigenvalue weighted by Gasteiger charge is -2.14. The molecule has 5 heteroatoms. The van der Waals surface area contributed by atoms with Gasteiger partial charge in [0.25, 0.3) is 0 Å². The number of nitrogens with two attached hydrogens (primary N) is 1. The molecule has 0 radical (unpaired) electrons. The van der Waals surface area contributed by atoms with Crippen LogP contribution in [-0.4, -0.2) is 29.9 Å². The van der Waals surface area contributed by atoms with E-state index in [9.17, 15) is 9.59 Å². The van der Waals surface area contributed by atoms with Crippen molar-refractivity contribution in [2.45, 2.75) is 83.6 Å². The van der Waals surface area contributed by atoms with Crippen molar-refractivity contribution in [3.8, 4) is 0 Å². The van der Waals surface area contributed by atoms with Crippen molar-refractivity contribution in [1.29, 1.82) is 0 Å². The van der Waals surface area contributed by atoms with Crippen LogP contribution in [-0.2, 0) is 9.59 Å². The number of carbonyl (C=O) groups is 2. The van der Waals surface area contributed by atoms with Crippen LogP contribution in [0.1, 0.15) is 77.6 Å². The van der Waals surface area contributed by atoms with Gasteiger partial charge in [-0.3, -0.25) is 9.59 Å². The first-order valence-corrected chi connectivity index (χ1v) is 10.1. The van der Waals surface area contributed by atoms with Gasteiger partial charge in [0.2, 0.25) is 11.8 Å². The average Bonchev–Trinajstić information content (AvgIpc) is 2.49. The molecule has 0 aromatic carbocycles. The zero-order valence-electron chi connectivity index (χ0n) is 14.4. The number of amides is 2. The van der Waals surface area contributed by atoms with Crippen molar-refractivity contribution >= 4 is 23.6 Å². The third kappa shape index (κ3) is 13.0. The Morgan fingerprint density at radius 1 is 1.00 bits per heavy atom. The van der Waals surface area contributed by atoms with Crippen LogP contribution in [0.3, 0.4) is 0 Å². The van der Waals surface area contributed by atoms with Crippen molar-refractivity contribution in [3.05, 3.63) is 0 Å². The van der Waals surface area contributed by atoms with Crippen LogP contribution in [0.25, 0.3) is 0 Å². The van der Waals surface area contributed by atoms with E-state index >= 15 is 0 Å². The van der Waals surface area contributed by atoms with Gasteiger partial charge in [-0.15, -0.1) is 0 Å². The molecule has 0 rings (SSSR count). The van der Waals surface area contributed by atoms with Crippen LogP contribution in [0.15, 0.2) is 0 Å². The molecule has 0 aliphatic carbocycles. The zero-order chi connectivity index (χ0) is 16.6. The van der Waals surface area contributed by atoms with Gasteiger partial charge in [-0.1, -0.05) is 58.3 Å². The van der Waals surface area contributed by atoms with Gasteiger partial charge >= 0.3 is 0 Å². The number of carbonyl (C=O) groups excluding carboxylic acids is 2. The summed E-state index contributed by atoms with van der Waals surface area (Å²) >= 11 is 1.65. The summed E-state index contributed by atoms with van der Waals surface area (Å²) in [5.41, 5.74) is 5.31. The molecule has 0 aromatic rings. The van der Waals surface area contributed by atoms with Crippen molar-refractivity contribution in [2.24, 2.45) is 5.73 Å². The van der Waals surface area contributed by atoms with Gasteiger partial charge in [-0.25, -0.2) is 0 Å². The minimum Gasteiger partial charge on any atom is -0.368 e. The quantitative estimate of drug-likeness (QED) is 0.450. The Kier molecular flexibility index (Phi) is 14.7. The molecule has 1 atom stereocenters. The second kappa shape index (κ2) is 15.2. The van der Waals surface area contributed by atoms with E-state index in [2.05, 4.69) is 12.2 Å². The molecule has 3 N–H and O–H groups in total. The molecule has 0 fully saturated rings. The molecule has 0 aliphatic rings. The molecule has 4 nitrogen and oxygen atoms in total. The minimum absolute atomic E-state index is 0.0483. The van der Waals surface area contributed by atoms with Crippen LogP contribution in [0.2, 0.25) is 0 Å². The number of nitrogens with one attached hydrogen (secondary N) is 1. The zero-order valence-corrected chi connectivity index (χ0v) is 15.2. The molecule has 2 amide bonds. The lowest BCUT2D eigenvalue weighted by atomic mass is 10.1. The first kappa shape index (κ1) is 21.3. The number of hydrogen-bond acceptors (Lipinski definition) is 3. The smallest absolute Gasteiger partial charge is 0.240 e. The summed E-state index contributed by atoms with van der Waals surface area (Å²) in [6, 6.07) is -0.515. The summed E-state index contributed by atoms with van der Waals surface area (Å²) in [6.07, 6.45) is 14.2. The van der Waals surface area contributed by atoms with Gasteiger partial charge in [0.05, 0.1) is 0 Å². The molecule has 0 saturated heterocycles. The molecule has 0 aliphatic heterocycles. The summed E-state index contributed by atoms with van der Waals surface area (Å²) in [5.74, 6) is 0.341. The number of unbranched alkanes of at least 4 members (excludes halogenated alkanes) is 8. The summed E-state index contributed by atoms with van der Waals surface area (Å²) in [6.45, 7) is 2.23. The molecule has 0 saturated carbocycles. The fourth-order valence-electron chi connectivity index (χ4n) is 2.38. The van der Waals surface area contributed by atoms with E-state index in [1.165, 1.54) is 44.9 Å². The van der Waals surface area contributed by atoms with Gasteiger partial charge in [0.15, 0.2) is 0 Å². The van der Waals surface area contributed by atoms with Crippen LogP contribution >= 0.6 is 11.8 Å². The summed E-state index contributed by atoms with van der Waals surface area (Å²) in [5, 5.41) is 2.75. The summed E-state index contributed by atoms with van der Waals surface area (Å²) in [4.78, 5) is 23.1. The van der Waals surface area contributed by atoms with Crippen LogP contribution in [0.5, 0.6) is 0 Å². The highest BCUT2D eigenvalue weighted by atomic mass is 32.2. The molecule has 0 spiro atoms. The molecule has 22 heavy (non-hydrogen) atoms. The SMILES string of the molecule is CCCCCCCCCCCC(=O)N[C@@H](CCSC)C(N)=O. The van der Waals surface area contributed by atoms with E-state index in [4.69, 9.17) is 5.73 Å². The Morgan fingerprint density at radius 2 is 1.55 bits per heavy atom. The lowest BCUT2D eigenvalue weighted by Crippen LogP contribution is -2.44. The fraction of sp³-hybridized carbons (Fsp3) is 0.882. The highest BCUT2D eigenvalue weighted by molar-refractivity contribution is 7.98. The molecular formula is C17H34N2O2S. The van der Waals surface area contributed by atoms with Crippen molar-refractivity contribution in [2.75, 3.05) is 12.0 Å². The Labute approximate surface area is 140 Å². The largest absolute Gasteiger partial charge is 0.368 e. The lowest BCUT2D eigenvalue weighted by molar-refractivity contribution is -0.127. The fourth-order valence-corrected chi connectivity index (χ4v) is 2.86. The second-order valence-electron chi connectivity index (χ2n) is 5.88. The highest BCUT2D eigenvalue weighted by Crippen LogP contribution is 2.10. The van der Waals surface area contributed by atoms with Crippen LogP contribution in [0, 0.1) is 0 Å². The normalized spacial score (nSPS) is 12.1. The maximum atomic E-state index is 11.8. The van der Waals surface area contributed by atoms with Crippen LogP contribution < -0.4 is 11.1 Å². The topological polar surface area (TPSA) is 72.2 Å². The predicted molar refractivity (Wildman–Crippen MR) is 96.0 cm³/mol. The Morgan fingerprint density at radius 3 is 2.05 bits per heavy atom. The van der Waals surface area contributed by atoms with E-state index in [-0.39, 0.29) is 5.91 Å². The Bertz CT molecular complexity index is 298. The van der Waals surface area contributed by atoms with Crippen molar-refractivity contribution in [3.63, 3.8) is 0 Å². The van der Waals surface area contributed by atoms with E-state index in [0.29, 0.717) is 12.8 Å². The van der Waals surface area contributed by atoms with E-state index < -0.39 is 11.9 Å². The Hall–Kier alpha value is -0.710.